The Morgan fingerprint density at radius 1 is 1.50 bits per heavy atom. The average Bonchev–Trinajstić information content (AvgIpc) is 2.95. The maximum Gasteiger partial charge on any atom is 0.311 e. The Morgan fingerprint density at radius 2 is 2.22 bits per heavy atom. The van der Waals surface area contributed by atoms with Crippen LogP contribution in [0, 0.1) is 5.41 Å². The minimum atomic E-state index is -0.855. The zero-order valence-electron chi connectivity index (χ0n) is 10.6. The van der Waals surface area contributed by atoms with E-state index in [9.17, 15) is 9.59 Å². The van der Waals surface area contributed by atoms with Crippen LogP contribution in [0.15, 0.2) is 16.5 Å². The summed E-state index contributed by atoms with van der Waals surface area (Å²) in [4.78, 5) is 24.8. The molecule has 5 nitrogen and oxygen atoms in total. The number of aryl methyl sites for hydroxylation is 1. The number of carboxylic acid groups (broad SMARTS) is 1. The minimum Gasteiger partial charge on any atom is -0.481 e. The first-order valence-electron chi connectivity index (χ1n) is 6.07. The lowest BCUT2D eigenvalue weighted by atomic mass is 9.90. The summed E-state index contributed by atoms with van der Waals surface area (Å²) in [5, 5.41) is 9.12. The molecule has 98 valence electrons. The van der Waals surface area contributed by atoms with Gasteiger partial charge in [-0.1, -0.05) is 6.92 Å². The van der Waals surface area contributed by atoms with E-state index >= 15 is 0 Å². The number of amides is 1. The van der Waals surface area contributed by atoms with Crippen LogP contribution in [0.2, 0.25) is 0 Å². The van der Waals surface area contributed by atoms with Crippen molar-refractivity contribution in [2.45, 2.75) is 26.7 Å². The molecule has 0 bridgehead atoms. The zero-order chi connectivity index (χ0) is 13.3. The van der Waals surface area contributed by atoms with E-state index in [0.29, 0.717) is 18.7 Å². The molecule has 1 saturated heterocycles. The molecule has 0 aliphatic carbocycles. The summed E-state index contributed by atoms with van der Waals surface area (Å²) in [5.41, 5.74) is -0.837. The molecule has 0 unspecified atom stereocenters. The normalized spacial score (nSPS) is 23.3. The van der Waals surface area contributed by atoms with Crippen molar-refractivity contribution in [1.29, 1.82) is 0 Å². The van der Waals surface area contributed by atoms with Gasteiger partial charge in [0.15, 0.2) is 5.76 Å². The molecule has 0 radical (unpaired) electrons. The van der Waals surface area contributed by atoms with Gasteiger partial charge in [-0.25, -0.2) is 0 Å². The van der Waals surface area contributed by atoms with Crippen molar-refractivity contribution in [2.75, 3.05) is 13.1 Å². The number of carbonyl (C=O) groups is 2. The Morgan fingerprint density at radius 3 is 2.72 bits per heavy atom. The molecule has 1 aliphatic rings. The van der Waals surface area contributed by atoms with Gasteiger partial charge in [-0.3, -0.25) is 9.59 Å². The second-order valence-corrected chi connectivity index (χ2v) is 4.96. The Kier molecular flexibility index (Phi) is 3.15. The fraction of sp³-hybridized carbons (Fsp3) is 0.538. The quantitative estimate of drug-likeness (QED) is 0.888. The maximum absolute atomic E-state index is 12.1. The second-order valence-electron chi connectivity index (χ2n) is 4.96. The van der Waals surface area contributed by atoms with Crippen molar-refractivity contribution in [1.82, 2.24) is 4.90 Å². The first kappa shape index (κ1) is 12.7. The second kappa shape index (κ2) is 4.48. The van der Waals surface area contributed by atoms with E-state index in [2.05, 4.69) is 0 Å². The van der Waals surface area contributed by atoms with Crippen LogP contribution in [-0.2, 0) is 11.2 Å². The monoisotopic (exact) mass is 251 g/mol. The zero-order valence-corrected chi connectivity index (χ0v) is 10.6. The van der Waals surface area contributed by atoms with Crippen LogP contribution in [0.1, 0.15) is 36.6 Å². The van der Waals surface area contributed by atoms with Crippen molar-refractivity contribution in [2.24, 2.45) is 5.41 Å². The van der Waals surface area contributed by atoms with Gasteiger partial charge in [0.2, 0.25) is 0 Å². The number of aliphatic carboxylic acids is 1. The maximum atomic E-state index is 12.1. The van der Waals surface area contributed by atoms with E-state index in [1.807, 2.05) is 6.92 Å². The van der Waals surface area contributed by atoms with Gasteiger partial charge in [0, 0.05) is 19.5 Å². The standard InChI is InChI=1S/C13H17NO4/c1-3-9-4-5-10(18-9)11(15)14-7-6-13(2,8-14)12(16)17/h4-5H,3,6-8H2,1-2H3,(H,16,17)/t13-/m0/s1. The molecular weight excluding hydrogens is 234 g/mol. The third-order valence-electron chi connectivity index (χ3n) is 3.50. The minimum absolute atomic E-state index is 0.223. The molecule has 2 rings (SSSR count). The highest BCUT2D eigenvalue weighted by atomic mass is 16.4. The van der Waals surface area contributed by atoms with E-state index < -0.39 is 11.4 Å². The third kappa shape index (κ3) is 2.12. The Labute approximate surface area is 105 Å². The largest absolute Gasteiger partial charge is 0.481 e. The lowest BCUT2D eigenvalue weighted by Gasteiger charge is -2.19. The van der Waals surface area contributed by atoms with Crippen LogP contribution < -0.4 is 0 Å². The molecule has 5 heteroatoms. The molecule has 1 aromatic rings. The molecule has 2 heterocycles. The number of likely N-dealkylation sites (tertiary alicyclic amines) is 1. The first-order valence-corrected chi connectivity index (χ1v) is 6.07. The molecule has 1 N–H and O–H groups in total. The molecule has 0 spiro atoms. The van der Waals surface area contributed by atoms with Gasteiger partial charge < -0.3 is 14.4 Å². The van der Waals surface area contributed by atoms with Crippen LogP contribution in [0.25, 0.3) is 0 Å². The Balaban J connectivity index is 2.10. The van der Waals surface area contributed by atoms with Gasteiger partial charge in [0.05, 0.1) is 5.41 Å². The highest BCUT2D eigenvalue weighted by Crippen LogP contribution is 2.31. The first-order chi connectivity index (χ1) is 8.46. The number of nitrogens with zero attached hydrogens (tertiary/aromatic N) is 1. The van der Waals surface area contributed by atoms with Crippen LogP contribution in [0.4, 0.5) is 0 Å². The fourth-order valence-corrected chi connectivity index (χ4v) is 2.15. The number of rotatable bonds is 3. The molecule has 0 saturated carbocycles. The molecular formula is C13H17NO4. The van der Waals surface area contributed by atoms with E-state index in [1.54, 1.807) is 24.0 Å². The summed E-state index contributed by atoms with van der Waals surface area (Å²) in [6.45, 7) is 4.32. The molecule has 1 fully saturated rings. The van der Waals surface area contributed by atoms with Crippen molar-refractivity contribution in [3.05, 3.63) is 23.7 Å². The smallest absolute Gasteiger partial charge is 0.311 e. The summed E-state index contributed by atoms with van der Waals surface area (Å²) < 4.78 is 5.40. The predicted molar refractivity (Wildman–Crippen MR) is 64.3 cm³/mol. The predicted octanol–water partition coefficient (Wildman–Crippen LogP) is 1.78. The van der Waals surface area contributed by atoms with Gasteiger partial charge in [-0.05, 0) is 25.5 Å². The topological polar surface area (TPSA) is 70.8 Å². The number of furan rings is 1. The van der Waals surface area contributed by atoms with Crippen LogP contribution in [0.5, 0.6) is 0 Å². The molecule has 0 aromatic carbocycles. The van der Waals surface area contributed by atoms with Crippen molar-refractivity contribution in [3.8, 4) is 0 Å². The summed E-state index contributed by atoms with van der Waals surface area (Å²) >= 11 is 0. The van der Waals surface area contributed by atoms with Gasteiger partial charge in [0.1, 0.15) is 5.76 Å². The molecule has 1 amide bonds. The molecule has 1 aliphatic heterocycles. The van der Waals surface area contributed by atoms with Gasteiger partial charge in [0.25, 0.3) is 5.91 Å². The average molecular weight is 251 g/mol. The van der Waals surface area contributed by atoms with Gasteiger partial charge in [-0.15, -0.1) is 0 Å². The lowest BCUT2D eigenvalue weighted by Crippen LogP contribution is -2.34. The third-order valence-corrected chi connectivity index (χ3v) is 3.50. The fourth-order valence-electron chi connectivity index (χ4n) is 2.15. The molecule has 1 atom stereocenters. The van der Waals surface area contributed by atoms with E-state index in [1.165, 1.54) is 0 Å². The van der Waals surface area contributed by atoms with Crippen LogP contribution in [-0.4, -0.2) is 35.0 Å². The van der Waals surface area contributed by atoms with Crippen molar-refractivity contribution >= 4 is 11.9 Å². The van der Waals surface area contributed by atoms with Crippen LogP contribution in [0.3, 0.4) is 0 Å². The van der Waals surface area contributed by atoms with E-state index in [-0.39, 0.29) is 12.5 Å². The number of hydrogen-bond donors (Lipinski definition) is 1. The van der Waals surface area contributed by atoms with Gasteiger partial charge >= 0.3 is 5.97 Å². The van der Waals surface area contributed by atoms with E-state index in [4.69, 9.17) is 9.52 Å². The SMILES string of the molecule is CCc1ccc(C(=O)N2CC[C@](C)(C(=O)O)C2)o1. The lowest BCUT2D eigenvalue weighted by molar-refractivity contribution is -0.147. The molecule has 18 heavy (non-hydrogen) atoms. The number of carbonyl (C=O) groups excluding carboxylic acids is 1. The highest BCUT2D eigenvalue weighted by molar-refractivity contribution is 5.92. The Bertz CT molecular complexity index is 479. The number of hydrogen-bond acceptors (Lipinski definition) is 3. The number of carboxylic acids is 1. The highest BCUT2D eigenvalue weighted by Gasteiger charge is 2.42. The van der Waals surface area contributed by atoms with Crippen molar-refractivity contribution < 1.29 is 19.1 Å². The summed E-state index contributed by atoms with van der Waals surface area (Å²) in [6, 6.07) is 3.43. The van der Waals surface area contributed by atoms with Crippen molar-refractivity contribution in [3.63, 3.8) is 0 Å². The molecule has 1 aromatic heterocycles. The van der Waals surface area contributed by atoms with E-state index in [0.717, 1.165) is 12.2 Å². The summed E-state index contributed by atoms with van der Waals surface area (Å²) in [7, 11) is 0. The Hall–Kier alpha value is -1.78. The summed E-state index contributed by atoms with van der Waals surface area (Å²) in [5.74, 6) is -0.0220. The van der Waals surface area contributed by atoms with Gasteiger partial charge in [-0.2, -0.15) is 0 Å². The summed E-state index contributed by atoms with van der Waals surface area (Å²) in [6.07, 6.45) is 1.22. The van der Waals surface area contributed by atoms with Crippen LogP contribution >= 0.6 is 0 Å².